The number of halogens is 2. The standard InChI is InChI=1S/C10H4Br2O4/c11-4-1-5-7(13)3-8(10(14)15)16-9(5)6(12)2-4/h1-3H,(H,14,15). The molecular weight excluding hydrogens is 344 g/mol. The number of rotatable bonds is 1. The average molecular weight is 348 g/mol. The molecule has 0 saturated heterocycles. The number of aromatic carboxylic acids is 1. The fourth-order valence-electron chi connectivity index (χ4n) is 1.29. The first-order chi connectivity index (χ1) is 7.49. The van der Waals surface area contributed by atoms with E-state index in [0.717, 1.165) is 6.07 Å². The maximum absolute atomic E-state index is 11.6. The van der Waals surface area contributed by atoms with E-state index in [1.807, 2.05) is 0 Å². The Morgan fingerprint density at radius 3 is 2.56 bits per heavy atom. The second-order valence-corrected chi connectivity index (χ2v) is 4.81. The summed E-state index contributed by atoms with van der Waals surface area (Å²) in [6.07, 6.45) is 0. The van der Waals surface area contributed by atoms with Gasteiger partial charge in [0.15, 0.2) is 11.0 Å². The molecule has 0 unspecified atom stereocenters. The molecule has 0 spiro atoms. The maximum Gasteiger partial charge on any atom is 0.371 e. The molecule has 2 rings (SSSR count). The van der Waals surface area contributed by atoms with Gasteiger partial charge in [-0.3, -0.25) is 4.79 Å². The van der Waals surface area contributed by atoms with Gasteiger partial charge in [0.1, 0.15) is 0 Å². The summed E-state index contributed by atoms with van der Waals surface area (Å²) >= 11 is 6.45. The Labute approximate surface area is 106 Å². The molecule has 0 aliphatic carbocycles. The van der Waals surface area contributed by atoms with Crippen LogP contribution in [0.25, 0.3) is 11.0 Å². The molecule has 2 aromatic rings. The van der Waals surface area contributed by atoms with E-state index in [1.54, 1.807) is 12.1 Å². The Balaban J connectivity index is 2.93. The van der Waals surface area contributed by atoms with Crippen LogP contribution < -0.4 is 5.43 Å². The number of hydrogen-bond donors (Lipinski definition) is 1. The van der Waals surface area contributed by atoms with Crippen molar-refractivity contribution in [2.24, 2.45) is 0 Å². The van der Waals surface area contributed by atoms with E-state index in [2.05, 4.69) is 31.9 Å². The first kappa shape index (κ1) is 11.3. The number of carboxylic acids is 1. The Bertz CT molecular complexity index is 645. The molecule has 0 atom stereocenters. The van der Waals surface area contributed by atoms with Crippen LogP contribution in [0.3, 0.4) is 0 Å². The highest BCUT2D eigenvalue weighted by atomic mass is 79.9. The zero-order chi connectivity index (χ0) is 11.9. The largest absolute Gasteiger partial charge is 0.475 e. The molecule has 82 valence electrons. The maximum atomic E-state index is 11.6. The number of carboxylic acid groups (broad SMARTS) is 1. The van der Waals surface area contributed by atoms with Crippen molar-refractivity contribution in [3.05, 3.63) is 43.1 Å². The second kappa shape index (κ2) is 4.03. The summed E-state index contributed by atoms with van der Waals surface area (Å²) in [4.78, 5) is 22.4. The van der Waals surface area contributed by atoms with Gasteiger partial charge in [0.25, 0.3) is 0 Å². The SMILES string of the molecule is O=C(O)c1cc(=O)c2cc(Br)cc(Br)c2o1. The molecule has 0 fully saturated rings. The highest BCUT2D eigenvalue weighted by molar-refractivity contribution is 9.11. The molecule has 0 saturated carbocycles. The predicted molar refractivity (Wildman–Crippen MR) is 64.8 cm³/mol. The molecule has 0 aliphatic heterocycles. The molecule has 0 radical (unpaired) electrons. The fraction of sp³-hybridized carbons (Fsp3) is 0. The monoisotopic (exact) mass is 346 g/mol. The topological polar surface area (TPSA) is 67.5 Å². The Kier molecular flexibility index (Phi) is 2.86. The molecule has 0 bridgehead atoms. The van der Waals surface area contributed by atoms with Gasteiger partial charge in [-0.1, -0.05) is 15.9 Å². The van der Waals surface area contributed by atoms with Gasteiger partial charge >= 0.3 is 5.97 Å². The second-order valence-electron chi connectivity index (χ2n) is 3.04. The Hall–Kier alpha value is -1.14. The first-order valence-corrected chi connectivity index (χ1v) is 5.74. The van der Waals surface area contributed by atoms with Crippen molar-refractivity contribution in [2.45, 2.75) is 0 Å². The lowest BCUT2D eigenvalue weighted by atomic mass is 10.2. The third kappa shape index (κ3) is 1.90. The third-order valence-corrected chi connectivity index (χ3v) is 3.01. The minimum Gasteiger partial charge on any atom is -0.475 e. The van der Waals surface area contributed by atoms with Gasteiger partial charge in [-0.15, -0.1) is 0 Å². The van der Waals surface area contributed by atoms with E-state index < -0.39 is 5.97 Å². The summed E-state index contributed by atoms with van der Waals surface area (Å²) < 4.78 is 6.36. The van der Waals surface area contributed by atoms with Crippen LogP contribution in [-0.2, 0) is 0 Å². The summed E-state index contributed by atoms with van der Waals surface area (Å²) in [6, 6.07) is 4.22. The van der Waals surface area contributed by atoms with Gasteiger partial charge in [0.05, 0.1) is 9.86 Å². The Morgan fingerprint density at radius 2 is 1.94 bits per heavy atom. The van der Waals surface area contributed by atoms with Crippen molar-refractivity contribution >= 4 is 48.8 Å². The molecule has 1 N–H and O–H groups in total. The molecule has 16 heavy (non-hydrogen) atoms. The van der Waals surface area contributed by atoms with Gasteiger partial charge in [-0.2, -0.15) is 0 Å². The lowest BCUT2D eigenvalue weighted by molar-refractivity contribution is 0.0663. The summed E-state index contributed by atoms with van der Waals surface area (Å²) in [5.41, 5.74) is -0.159. The van der Waals surface area contributed by atoms with Crippen LogP contribution >= 0.6 is 31.9 Å². The number of benzene rings is 1. The van der Waals surface area contributed by atoms with Crippen LogP contribution in [0.15, 0.2) is 36.4 Å². The van der Waals surface area contributed by atoms with E-state index in [-0.39, 0.29) is 16.8 Å². The van der Waals surface area contributed by atoms with Crippen molar-refractivity contribution in [1.29, 1.82) is 0 Å². The van der Waals surface area contributed by atoms with E-state index in [9.17, 15) is 9.59 Å². The highest BCUT2D eigenvalue weighted by Crippen LogP contribution is 2.27. The number of fused-ring (bicyclic) bond motifs is 1. The van der Waals surface area contributed by atoms with Gasteiger partial charge < -0.3 is 9.52 Å². The van der Waals surface area contributed by atoms with E-state index in [1.165, 1.54) is 0 Å². The summed E-state index contributed by atoms with van der Waals surface area (Å²) in [5.74, 6) is -1.64. The summed E-state index contributed by atoms with van der Waals surface area (Å²) in [5, 5.41) is 9.08. The lowest BCUT2D eigenvalue weighted by Crippen LogP contribution is -2.06. The van der Waals surface area contributed by atoms with E-state index in [0.29, 0.717) is 14.3 Å². The molecule has 1 aromatic carbocycles. The van der Waals surface area contributed by atoms with Crippen molar-refractivity contribution in [1.82, 2.24) is 0 Å². The van der Waals surface area contributed by atoms with Crippen LogP contribution in [-0.4, -0.2) is 11.1 Å². The van der Waals surface area contributed by atoms with Crippen molar-refractivity contribution < 1.29 is 14.3 Å². The molecule has 4 nitrogen and oxygen atoms in total. The van der Waals surface area contributed by atoms with Gasteiger partial charge in [0, 0.05) is 10.5 Å². The molecule has 0 aliphatic rings. The van der Waals surface area contributed by atoms with Crippen LogP contribution in [0, 0.1) is 0 Å². The zero-order valence-corrected chi connectivity index (χ0v) is 10.8. The van der Waals surface area contributed by atoms with E-state index >= 15 is 0 Å². The minimum atomic E-state index is -1.27. The summed E-state index contributed by atoms with van der Waals surface area (Å²) in [6.45, 7) is 0. The molecule has 6 heteroatoms. The van der Waals surface area contributed by atoms with Crippen LogP contribution in [0.5, 0.6) is 0 Å². The van der Waals surface area contributed by atoms with Gasteiger partial charge in [-0.05, 0) is 28.1 Å². The smallest absolute Gasteiger partial charge is 0.371 e. The number of hydrogen-bond acceptors (Lipinski definition) is 3. The predicted octanol–water partition coefficient (Wildman–Crippen LogP) is 3.02. The number of carbonyl (C=O) groups is 1. The molecule has 1 heterocycles. The first-order valence-electron chi connectivity index (χ1n) is 4.15. The summed E-state index contributed by atoms with van der Waals surface area (Å²) in [7, 11) is 0. The zero-order valence-electron chi connectivity index (χ0n) is 7.66. The van der Waals surface area contributed by atoms with Crippen LogP contribution in [0.4, 0.5) is 0 Å². The van der Waals surface area contributed by atoms with Gasteiger partial charge in [-0.25, -0.2) is 4.79 Å². The highest BCUT2D eigenvalue weighted by Gasteiger charge is 2.13. The molecule has 1 aromatic heterocycles. The van der Waals surface area contributed by atoms with Crippen molar-refractivity contribution in [3.63, 3.8) is 0 Å². The third-order valence-electron chi connectivity index (χ3n) is 1.96. The average Bonchev–Trinajstić information content (AvgIpc) is 2.19. The van der Waals surface area contributed by atoms with Crippen LogP contribution in [0.2, 0.25) is 0 Å². The lowest BCUT2D eigenvalue weighted by Gasteiger charge is -2.02. The van der Waals surface area contributed by atoms with E-state index in [4.69, 9.17) is 9.52 Å². The van der Waals surface area contributed by atoms with Crippen molar-refractivity contribution in [3.8, 4) is 0 Å². The van der Waals surface area contributed by atoms with Crippen LogP contribution in [0.1, 0.15) is 10.6 Å². The Morgan fingerprint density at radius 1 is 1.25 bits per heavy atom. The van der Waals surface area contributed by atoms with Crippen molar-refractivity contribution in [2.75, 3.05) is 0 Å². The molecule has 0 amide bonds. The molecular formula is C10H4Br2O4. The quantitative estimate of drug-likeness (QED) is 0.861. The fourth-order valence-corrected chi connectivity index (χ4v) is 2.59. The van der Waals surface area contributed by atoms with Gasteiger partial charge in [0.2, 0.25) is 5.76 Å². The minimum absolute atomic E-state index is 0.230. The normalized spacial score (nSPS) is 10.6.